The van der Waals surface area contributed by atoms with E-state index in [0.717, 1.165) is 23.7 Å². The second-order valence-electron chi connectivity index (χ2n) is 7.27. The van der Waals surface area contributed by atoms with Crippen LogP contribution < -0.4 is 15.0 Å². The Hall–Kier alpha value is -1.60. The Kier molecular flexibility index (Phi) is 4.69. The van der Waals surface area contributed by atoms with E-state index in [-0.39, 0.29) is 42.5 Å². The van der Waals surface area contributed by atoms with E-state index < -0.39 is 0 Å². The molecular formula is C19H23BrN2O4. The number of hydrogen-bond acceptors (Lipinski definition) is 4. The Bertz CT molecular complexity index is 734. The van der Waals surface area contributed by atoms with Crippen molar-refractivity contribution in [2.45, 2.75) is 44.8 Å². The third kappa shape index (κ3) is 2.91. The molecule has 2 aliphatic carbocycles. The number of halogens is 1. The van der Waals surface area contributed by atoms with E-state index in [9.17, 15) is 9.59 Å². The normalized spacial score (nSPS) is 25.8. The summed E-state index contributed by atoms with van der Waals surface area (Å²) in [5, 5.41) is 3.14. The van der Waals surface area contributed by atoms with Gasteiger partial charge in [0.1, 0.15) is 12.3 Å². The zero-order chi connectivity index (χ0) is 18.3. The van der Waals surface area contributed by atoms with E-state index in [4.69, 9.17) is 9.47 Å². The topological polar surface area (TPSA) is 67.9 Å². The maximum atomic E-state index is 12.6. The number of benzene rings is 1. The summed E-state index contributed by atoms with van der Waals surface area (Å²) < 4.78 is 12.2. The number of anilines is 1. The van der Waals surface area contributed by atoms with Crippen molar-refractivity contribution >= 4 is 33.4 Å². The number of carbonyl (C=O) groups excluding carboxylic acids is 2. The quantitative estimate of drug-likeness (QED) is 0.791. The van der Waals surface area contributed by atoms with E-state index in [0.29, 0.717) is 18.0 Å². The van der Waals surface area contributed by atoms with Crippen LogP contribution in [0.5, 0.6) is 5.75 Å². The van der Waals surface area contributed by atoms with Gasteiger partial charge in [-0.15, -0.1) is 0 Å². The van der Waals surface area contributed by atoms with E-state index >= 15 is 0 Å². The molecule has 26 heavy (non-hydrogen) atoms. The number of fused-ring (bicyclic) bond motifs is 1. The first-order valence-corrected chi connectivity index (χ1v) is 9.96. The summed E-state index contributed by atoms with van der Waals surface area (Å²) in [6.07, 6.45) is 4.53. The van der Waals surface area contributed by atoms with Gasteiger partial charge in [-0.3, -0.25) is 14.5 Å². The second kappa shape index (κ2) is 6.85. The molecule has 7 heteroatoms. The lowest BCUT2D eigenvalue weighted by Crippen LogP contribution is -2.68. The summed E-state index contributed by atoms with van der Waals surface area (Å²) in [7, 11) is 0. The van der Waals surface area contributed by atoms with Crippen LogP contribution in [0.1, 0.15) is 32.6 Å². The summed E-state index contributed by atoms with van der Waals surface area (Å²) in [5.74, 6) is 0.289. The van der Waals surface area contributed by atoms with Gasteiger partial charge in [0.2, 0.25) is 5.91 Å². The molecule has 1 N–H and O–H groups in total. The van der Waals surface area contributed by atoms with Crippen LogP contribution in [-0.4, -0.2) is 43.7 Å². The fraction of sp³-hybridized carbons (Fsp3) is 0.579. The molecule has 0 aromatic heterocycles. The molecule has 0 saturated heterocycles. The van der Waals surface area contributed by atoms with E-state index in [1.54, 1.807) is 6.07 Å². The average Bonchev–Trinajstić information content (AvgIpc) is 2.55. The SMILES string of the molecule is CCO[C@H]1C[C@H](NC(=O)CN2C(=O)COc3cc(Br)ccc32)C12CCC2. The minimum atomic E-state index is -0.200. The molecule has 2 atom stereocenters. The molecule has 0 radical (unpaired) electrons. The molecule has 0 unspecified atom stereocenters. The van der Waals surface area contributed by atoms with E-state index in [1.165, 1.54) is 11.3 Å². The molecule has 1 aliphatic heterocycles. The Balaban J connectivity index is 1.42. The second-order valence-corrected chi connectivity index (χ2v) is 8.18. The minimum absolute atomic E-state index is 0.0166. The molecule has 1 aromatic carbocycles. The third-order valence-electron chi connectivity index (χ3n) is 5.94. The molecule has 2 saturated carbocycles. The number of nitrogens with one attached hydrogen (secondary N) is 1. The first kappa shape index (κ1) is 17.8. The maximum Gasteiger partial charge on any atom is 0.265 e. The fourth-order valence-electron chi connectivity index (χ4n) is 4.38. The summed E-state index contributed by atoms with van der Waals surface area (Å²) in [4.78, 5) is 26.4. The van der Waals surface area contributed by atoms with Crippen molar-refractivity contribution in [2.75, 3.05) is 24.7 Å². The number of hydrogen-bond donors (Lipinski definition) is 1. The Morgan fingerprint density at radius 2 is 2.27 bits per heavy atom. The number of carbonyl (C=O) groups is 2. The third-order valence-corrected chi connectivity index (χ3v) is 6.43. The number of amides is 2. The van der Waals surface area contributed by atoms with Gasteiger partial charge < -0.3 is 14.8 Å². The van der Waals surface area contributed by atoms with Crippen molar-refractivity contribution in [1.29, 1.82) is 0 Å². The molecule has 0 bridgehead atoms. The zero-order valence-corrected chi connectivity index (χ0v) is 16.4. The summed E-state index contributed by atoms with van der Waals surface area (Å²) in [6, 6.07) is 5.61. The Morgan fingerprint density at radius 3 is 2.96 bits per heavy atom. The minimum Gasteiger partial charge on any atom is -0.482 e. The molecule has 1 spiro atoms. The van der Waals surface area contributed by atoms with Crippen molar-refractivity contribution in [3.05, 3.63) is 22.7 Å². The molecular weight excluding hydrogens is 400 g/mol. The van der Waals surface area contributed by atoms with Crippen LogP contribution in [-0.2, 0) is 14.3 Å². The molecule has 4 rings (SSSR count). The number of nitrogens with zero attached hydrogens (tertiary/aromatic N) is 1. The molecule has 140 valence electrons. The monoisotopic (exact) mass is 422 g/mol. The van der Waals surface area contributed by atoms with Gasteiger partial charge in [0.05, 0.1) is 11.8 Å². The fourth-order valence-corrected chi connectivity index (χ4v) is 4.72. The summed E-state index contributed by atoms with van der Waals surface area (Å²) in [6.45, 7) is 2.69. The smallest absolute Gasteiger partial charge is 0.265 e. The van der Waals surface area contributed by atoms with Gasteiger partial charge in [0, 0.05) is 22.5 Å². The van der Waals surface area contributed by atoms with Crippen LogP contribution in [0, 0.1) is 5.41 Å². The molecule has 2 fully saturated rings. The van der Waals surface area contributed by atoms with Gasteiger partial charge in [-0.05, 0) is 44.4 Å². The molecule has 2 amide bonds. The molecule has 3 aliphatic rings. The molecule has 6 nitrogen and oxygen atoms in total. The lowest BCUT2D eigenvalue weighted by atomic mass is 9.51. The number of rotatable bonds is 5. The predicted molar refractivity (Wildman–Crippen MR) is 100 cm³/mol. The molecule has 1 aromatic rings. The van der Waals surface area contributed by atoms with Gasteiger partial charge in [-0.25, -0.2) is 0 Å². The summed E-state index contributed by atoms with van der Waals surface area (Å²) in [5.41, 5.74) is 0.752. The van der Waals surface area contributed by atoms with Crippen LogP contribution >= 0.6 is 15.9 Å². The first-order valence-electron chi connectivity index (χ1n) is 9.17. The zero-order valence-electron chi connectivity index (χ0n) is 14.8. The predicted octanol–water partition coefficient (Wildman–Crippen LogP) is 2.64. The van der Waals surface area contributed by atoms with Crippen LogP contribution in [0.2, 0.25) is 0 Å². The number of ether oxygens (including phenoxy) is 2. The highest BCUT2D eigenvalue weighted by molar-refractivity contribution is 9.10. The van der Waals surface area contributed by atoms with Gasteiger partial charge in [0.25, 0.3) is 5.91 Å². The highest BCUT2D eigenvalue weighted by Gasteiger charge is 2.59. The van der Waals surface area contributed by atoms with Crippen molar-refractivity contribution in [1.82, 2.24) is 5.32 Å². The van der Waals surface area contributed by atoms with Crippen LogP contribution in [0.3, 0.4) is 0 Å². The standard InChI is InChI=1S/C19H23BrN2O4/c1-2-25-16-9-15(19(16)6-3-7-19)21-17(23)10-22-13-5-4-12(20)8-14(13)26-11-18(22)24/h4-5,8,15-16H,2-3,6-7,9-11H2,1H3,(H,21,23)/t15-,16-/m0/s1. The van der Waals surface area contributed by atoms with Crippen molar-refractivity contribution in [2.24, 2.45) is 5.41 Å². The van der Waals surface area contributed by atoms with Gasteiger partial charge in [-0.1, -0.05) is 22.4 Å². The van der Waals surface area contributed by atoms with Crippen LogP contribution in [0.4, 0.5) is 5.69 Å². The van der Waals surface area contributed by atoms with Crippen molar-refractivity contribution in [3.63, 3.8) is 0 Å². The van der Waals surface area contributed by atoms with E-state index in [2.05, 4.69) is 21.2 Å². The highest BCUT2D eigenvalue weighted by atomic mass is 79.9. The Labute approximate surface area is 161 Å². The summed E-state index contributed by atoms with van der Waals surface area (Å²) >= 11 is 3.40. The van der Waals surface area contributed by atoms with E-state index in [1.807, 2.05) is 19.1 Å². The lowest BCUT2D eigenvalue weighted by molar-refractivity contribution is -0.175. The van der Waals surface area contributed by atoms with Crippen LogP contribution in [0.15, 0.2) is 22.7 Å². The van der Waals surface area contributed by atoms with Crippen molar-refractivity contribution in [3.8, 4) is 5.75 Å². The van der Waals surface area contributed by atoms with Crippen molar-refractivity contribution < 1.29 is 19.1 Å². The average molecular weight is 423 g/mol. The maximum absolute atomic E-state index is 12.6. The van der Waals surface area contributed by atoms with Gasteiger partial charge >= 0.3 is 0 Å². The van der Waals surface area contributed by atoms with Gasteiger partial charge in [-0.2, -0.15) is 0 Å². The van der Waals surface area contributed by atoms with Crippen LogP contribution in [0.25, 0.3) is 0 Å². The largest absolute Gasteiger partial charge is 0.482 e. The lowest BCUT2D eigenvalue weighted by Gasteiger charge is -2.61. The highest BCUT2D eigenvalue weighted by Crippen LogP contribution is 2.57. The molecule has 1 heterocycles. The Morgan fingerprint density at radius 1 is 1.46 bits per heavy atom. The van der Waals surface area contributed by atoms with Gasteiger partial charge in [0.15, 0.2) is 6.61 Å². The first-order chi connectivity index (χ1) is 12.5.